The average Bonchev–Trinajstić information content (AvgIpc) is 2.76. The van der Waals surface area contributed by atoms with Crippen LogP contribution in [0.4, 0.5) is 15.8 Å². The zero-order valence-electron chi connectivity index (χ0n) is 16.9. The first-order valence-electron chi connectivity index (χ1n) is 9.83. The van der Waals surface area contributed by atoms with Gasteiger partial charge in [0.15, 0.2) is 6.61 Å². The number of hydrogen-bond acceptors (Lipinski definition) is 4. The van der Waals surface area contributed by atoms with Crippen LogP contribution in [0.25, 0.3) is 0 Å². The van der Waals surface area contributed by atoms with Gasteiger partial charge in [0.25, 0.3) is 11.8 Å². The van der Waals surface area contributed by atoms with E-state index in [1.807, 2.05) is 31.2 Å². The van der Waals surface area contributed by atoms with E-state index in [1.54, 1.807) is 23.1 Å². The molecule has 0 unspecified atom stereocenters. The minimum Gasteiger partial charge on any atom is -0.492 e. The molecule has 1 aliphatic rings. The average molecular weight is 420 g/mol. The van der Waals surface area contributed by atoms with Gasteiger partial charge in [-0.25, -0.2) is 4.39 Å². The molecule has 1 aliphatic heterocycles. The molecule has 0 atom stereocenters. The molecule has 0 fully saturated rings. The van der Waals surface area contributed by atoms with Crippen LogP contribution in [-0.4, -0.2) is 31.6 Å². The largest absolute Gasteiger partial charge is 0.492 e. The van der Waals surface area contributed by atoms with Gasteiger partial charge in [-0.1, -0.05) is 12.1 Å². The van der Waals surface area contributed by atoms with E-state index >= 15 is 0 Å². The van der Waals surface area contributed by atoms with Crippen molar-refractivity contribution in [1.29, 1.82) is 0 Å². The monoisotopic (exact) mass is 420 g/mol. The van der Waals surface area contributed by atoms with E-state index in [0.29, 0.717) is 35.8 Å². The van der Waals surface area contributed by atoms with Crippen LogP contribution < -0.4 is 19.7 Å². The molecule has 6 nitrogen and oxygen atoms in total. The predicted molar refractivity (Wildman–Crippen MR) is 115 cm³/mol. The van der Waals surface area contributed by atoms with Crippen molar-refractivity contribution < 1.29 is 23.5 Å². The van der Waals surface area contributed by atoms with Gasteiger partial charge in [0.05, 0.1) is 12.2 Å². The quantitative estimate of drug-likeness (QED) is 0.649. The van der Waals surface area contributed by atoms with Gasteiger partial charge in [-0.15, -0.1) is 0 Å². The molecule has 31 heavy (non-hydrogen) atoms. The van der Waals surface area contributed by atoms with E-state index < -0.39 is 5.82 Å². The first-order chi connectivity index (χ1) is 15.0. The number of ether oxygens (including phenoxy) is 2. The number of hydrogen-bond donors (Lipinski definition) is 1. The summed E-state index contributed by atoms with van der Waals surface area (Å²) in [7, 11) is 0. The molecule has 4 rings (SSSR count). The van der Waals surface area contributed by atoms with Gasteiger partial charge in [-0.3, -0.25) is 9.59 Å². The molecule has 0 radical (unpaired) electrons. The van der Waals surface area contributed by atoms with Crippen LogP contribution in [0.2, 0.25) is 0 Å². The van der Waals surface area contributed by atoms with Crippen LogP contribution in [0.3, 0.4) is 0 Å². The highest BCUT2D eigenvalue weighted by Gasteiger charge is 2.26. The third-order valence-electron chi connectivity index (χ3n) is 4.84. The maximum atomic E-state index is 13.1. The lowest BCUT2D eigenvalue weighted by molar-refractivity contribution is -0.121. The Kier molecular flexibility index (Phi) is 5.84. The lowest BCUT2D eigenvalue weighted by Crippen LogP contribution is -2.41. The first kappa shape index (κ1) is 20.4. The number of amides is 2. The van der Waals surface area contributed by atoms with Crippen LogP contribution in [0.15, 0.2) is 66.7 Å². The molecule has 2 amide bonds. The third kappa shape index (κ3) is 4.83. The van der Waals surface area contributed by atoms with Gasteiger partial charge in [0.1, 0.15) is 23.9 Å². The number of rotatable bonds is 6. The standard InChI is InChI=1S/C24H21FN2O4/c1-16-3-2-4-20(13-16)30-12-11-27-21-14-19(9-10-22(21)31-15-23(27)28)26-24(29)17-5-7-18(25)8-6-17/h2-10,13-14H,11-12,15H2,1H3,(H,26,29). The molecule has 3 aromatic rings. The van der Waals surface area contributed by atoms with Gasteiger partial charge in [0, 0.05) is 11.3 Å². The molecule has 0 saturated heterocycles. The van der Waals surface area contributed by atoms with Crippen molar-refractivity contribution in [3.63, 3.8) is 0 Å². The fourth-order valence-electron chi connectivity index (χ4n) is 3.29. The Labute approximate surface area is 179 Å². The summed E-state index contributed by atoms with van der Waals surface area (Å²) in [5, 5.41) is 2.77. The minimum atomic E-state index is -0.412. The van der Waals surface area contributed by atoms with Gasteiger partial charge in [-0.05, 0) is 67.1 Å². The number of aryl methyl sites for hydroxylation is 1. The molecule has 0 aromatic heterocycles. The van der Waals surface area contributed by atoms with Crippen LogP contribution in [-0.2, 0) is 4.79 Å². The number of anilines is 2. The topological polar surface area (TPSA) is 67.9 Å². The Hall–Kier alpha value is -3.87. The zero-order chi connectivity index (χ0) is 21.8. The summed E-state index contributed by atoms with van der Waals surface area (Å²) in [6.45, 7) is 2.56. The Morgan fingerprint density at radius 3 is 2.71 bits per heavy atom. The van der Waals surface area contributed by atoms with Gasteiger partial charge in [0.2, 0.25) is 0 Å². The molecule has 7 heteroatoms. The number of nitrogens with one attached hydrogen (secondary N) is 1. The lowest BCUT2D eigenvalue weighted by Gasteiger charge is -2.29. The summed E-state index contributed by atoms with van der Waals surface area (Å²) >= 11 is 0. The van der Waals surface area contributed by atoms with Gasteiger partial charge >= 0.3 is 0 Å². The van der Waals surface area contributed by atoms with Crippen LogP contribution in [0.1, 0.15) is 15.9 Å². The molecule has 158 valence electrons. The third-order valence-corrected chi connectivity index (χ3v) is 4.84. The first-order valence-corrected chi connectivity index (χ1v) is 9.83. The number of carbonyl (C=O) groups excluding carboxylic acids is 2. The van der Waals surface area contributed by atoms with Crippen LogP contribution in [0.5, 0.6) is 11.5 Å². The van der Waals surface area contributed by atoms with Crippen molar-refractivity contribution in [3.8, 4) is 11.5 Å². The summed E-state index contributed by atoms with van der Waals surface area (Å²) in [4.78, 5) is 26.5. The minimum absolute atomic E-state index is 0.0568. The summed E-state index contributed by atoms with van der Waals surface area (Å²) in [5.41, 5.74) is 2.47. The maximum absolute atomic E-state index is 13.1. The van der Waals surface area contributed by atoms with Gasteiger partial charge < -0.3 is 19.7 Å². The van der Waals surface area contributed by atoms with Crippen molar-refractivity contribution >= 4 is 23.2 Å². The van der Waals surface area contributed by atoms with E-state index in [1.165, 1.54) is 24.3 Å². The summed E-state index contributed by atoms with van der Waals surface area (Å²) in [5.74, 6) is 0.306. The summed E-state index contributed by atoms with van der Waals surface area (Å²) in [6.07, 6.45) is 0. The molecule has 0 bridgehead atoms. The number of carbonyl (C=O) groups is 2. The molecule has 1 N–H and O–H groups in total. The molecule has 0 saturated carbocycles. The Bertz CT molecular complexity index is 1110. The van der Waals surface area contributed by atoms with E-state index in [-0.39, 0.29) is 18.4 Å². The van der Waals surface area contributed by atoms with E-state index in [2.05, 4.69) is 5.32 Å². The zero-order valence-corrected chi connectivity index (χ0v) is 16.9. The fraction of sp³-hybridized carbons (Fsp3) is 0.167. The summed E-state index contributed by atoms with van der Waals surface area (Å²) < 4.78 is 24.4. The number of halogens is 1. The van der Waals surface area contributed by atoms with Crippen molar-refractivity contribution in [1.82, 2.24) is 0 Å². The molecule has 3 aromatic carbocycles. The number of benzene rings is 3. The number of fused-ring (bicyclic) bond motifs is 1. The molecular weight excluding hydrogens is 399 g/mol. The van der Waals surface area contributed by atoms with Crippen molar-refractivity contribution in [3.05, 3.63) is 83.7 Å². The highest BCUT2D eigenvalue weighted by atomic mass is 19.1. The normalized spacial score (nSPS) is 12.7. The van der Waals surface area contributed by atoms with Crippen LogP contribution >= 0.6 is 0 Å². The van der Waals surface area contributed by atoms with Crippen molar-refractivity contribution in [2.75, 3.05) is 30.0 Å². The van der Waals surface area contributed by atoms with Crippen molar-refractivity contribution in [2.45, 2.75) is 6.92 Å². The van der Waals surface area contributed by atoms with E-state index in [9.17, 15) is 14.0 Å². The molecule has 1 heterocycles. The molecular formula is C24H21FN2O4. The lowest BCUT2D eigenvalue weighted by atomic mass is 10.1. The molecule has 0 spiro atoms. The van der Waals surface area contributed by atoms with Crippen LogP contribution in [0, 0.1) is 12.7 Å². The van der Waals surface area contributed by atoms with Gasteiger partial charge in [-0.2, -0.15) is 0 Å². The maximum Gasteiger partial charge on any atom is 0.265 e. The summed E-state index contributed by atoms with van der Waals surface area (Å²) in [6, 6.07) is 18.0. The second-order valence-electron chi connectivity index (χ2n) is 7.14. The Balaban J connectivity index is 1.47. The predicted octanol–water partition coefficient (Wildman–Crippen LogP) is 4.19. The number of nitrogens with zero attached hydrogens (tertiary/aromatic N) is 1. The fourth-order valence-corrected chi connectivity index (χ4v) is 3.29. The van der Waals surface area contributed by atoms with Crippen molar-refractivity contribution in [2.24, 2.45) is 0 Å². The Morgan fingerprint density at radius 1 is 1.13 bits per heavy atom. The second-order valence-corrected chi connectivity index (χ2v) is 7.14. The molecule has 0 aliphatic carbocycles. The van der Waals surface area contributed by atoms with E-state index in [4.69, 9.17) is 9.47 Å². The van der Waals surface area contributed by atoms with E-state index in [0.717, 1.165) is 11.3 Å². The highest BCUT2D eigenvalue weighted by molar-refractivity contribution is 6.05. The second kappa shape index (κ2) is 8.87. The highest BCUT2D eigenvalue weighted by Crippen LogP contribution is 2.34. The SMILES string of the molecule is Cc1cccc(OCCN2C(=O)COc3ccc(NC(=O)c4ccc(F)cc4)cc32)c1. The smallest absolute Gasteiger partial charge is 0.265 e. The Morgan fingerprint density at radius 2 is 1.94 bits per heavy atom.